The van der Waals surface area contributed by atoms with Gasteiger partial charge in [-0.15, -0.1) is 0 Å². The molecule has 2 aromatic heterocycles. The minimum absolute atomic E-state index is 0.0887. The fraction of sp³-hybridized carbons (Fsp3) is 0.381. The fourth-order valence-electron chi connectivity index (χ4n) is 3.93. The Kier molecular flexibility index (Phi) is 4.88. The molecule has 9 nitrogen and oxygen atoms in total. The highest BCUT2D eigenvalue weighted by Crippen LogP contribution is 2.34. The lowest BCUT2D eigenvalue weighted by Crippen LogP contribution is -2.50. The number of hydrogen-bond donors (Lipinski definition) is 1. The van der Waals surface area contributed by atoms with Gasteiger partial charge >= 0.3 is 6.03 Å². The topological polar surface area (TPSA) is 84.8 Å². The van der Waals surface area contributed by atoms with Crippen LogP contribution in [-0.4, -0.2) is 69.9 Å². The number of nitrogens with one attached hydrogen (secondary N) is 1. The molecule has 4 heterocycles. The molecule has 0 radical (unpaired) electrons. The van der Waals surface area contributed by atoms with Crippen molar-refractivity contribution >= 4 is 22.9 Å². The summed E-state index contributed by atoms with van der Waals surface area (Å²) in [5, 5.41) is 2.95. The van der Waals surface area contributed by atoms with Gasteiger partial charge in [0, 0.05) is 57.2 Å². The van der Waals surface area contributed by atoms with E-state index in [4.69, 9.17) is 9.47 Å². The molecule has 2 aliphatic rings. The number of amides is 2. The van der Waals surface area contributed by atoms with Crippen molar-refractivity contribution in [2.75, 3.05) is 44.8 Å². The van der Waals surface area contributed by atoms with E-state index < -0.39 is 0 Å². The van der Waals surface area contributed by atoms with Crippen LogP contribution in [0.1, 0.15) is 5.82 Å². The van der Waals surface area contributed by atoms with Gasteiger partial charge in [-0.2, -0.15) is 0 Å². The van der Waals surface area contributed by atoms with Crippen molar-refractivity contribution < 1.29 is 14.3 Å². The van der Waals surface area contributed by atoms with Gasteiger partial charge < -0.3 is 24.3 Å². The van der Waals surface area contributed by atoms with E-state index in [1.807, 2.05) is 36.1 Å². The average molecular weight is 408 g/mol. The zero-order valence-electron chi connectivity index (χ0n) is 16.9. The lowest BCUT2D eigenvalue weighted by atomic mass is 10.2. The Morgan fingerprint density at radius 1 is 1.10 bits per heavy atom. The van der Waals surface area contributed by atoms with Gasteiger partial charge in [-0.05, 0) is 31.2 Å². The number of benzene rings is 1. The van der Waals surface area contributed by atoms with Gasteiger partial charge in [-0.1, -0.05) is 0 Å². The van der Waals surface area contributed by atoms with Crippen LogP contribution in [0, 0.1) is 6.92 Å². The molecule has 1 N–H and O–H groups in total. The number of piperazine rings is 1. The predicted molar refractivity (Wildman–Crippen MR) is 112 cm³/mol. The smallest absolute Gasteiger partial charge is 0.321 e. The molecule has 2 aliphatic heterocycles. The number of imidazole rings is 1. The van der Waals surface area contributed by atoms with E-state index in [0.29, 0.717) is 30.3 Å². The molecule has 2 amide bonds. The highest BCUT2D eigenvalue weighted by atomic mass is 16.7. The number of rotatable bonds is 4. The molecular formula is C21H24N6O3. The SMILES string of the molecule is Cc1nc2cccnc2n1CCN1CCN(C(=O)Nc2ccc3c(c2)OCO3)CC1. The van der Waals surface area contributed by atoms with Crippen molar-refractivity contribution in [3.05, 3.63) is 42.4 Å². The largest absolute Gasteiger partial charge is 0.454 e. The molecule has 0 unspecified atom stereocenters. The molecule has 3 aromatic rings. The summed E-state index contributed by atoms with van der Waals surface area (Å²) in [6, 6.07) is 9.24. The highest BCUT2D eigenvalue weighted by molar-refractivity contribution is 5.89. The van der Waals surface area contributed by atoms with Crippen LogP contribution >= 0.6 is 0 Å². The number of pyridine rings is 1. The third-order valence-electron chi connectivity index (χ3n) is 5.62. The van der Waals surface area contributed by atoms with Crippen LogP contribution in [0.3, 0.4) is 0 Å². The summed E-state index contributed by atoms with van der Waals surface area (Å²) in [6.07, 6.45) is 1.80. The van der Waals surface area contributed by atoms with E-state index >= 15 is 0 Å². The molecule has 156 valence electrons. The van der Waals surface area contributed by atoms with E-state index in [-0.39, 0.29) is 12.8 Å². The van der Waals surface area contributed by atoms with Gasteiger partial charge in [-0.25, -0.2) is 14.8 Å². The molecule has 30 heavy (non-hydrogen) atoms. The predicted octanol–water partition coefficient (Wildman–Crippen LogP) is 2.32. The summed E-state index contributed by atoms with van der Waals surface area (Å²) in [5.41, 5.74) is 2.57. The molecule has 9 heteroatoms. The molecule has 0 bridgehead atoms. The van der Waals surface area contributed by atoms with Gasteiger partial charge in [0.25, 0.3) is 0 Å². The quantitative estimate of drug-likeness (QED) is 0.713. The summed E-state index contributed by atoms with van der Waals surface area (Å²) < 4.78 is 12.8. The van der Waals surface area contributed by atoms with Gasteiger partial charge in [0.15, 0.2) is 17.1 Å². The maximum atomic E-state index is 12.6. The Hall–Kier alpha value is -3.33. The Morgan fingerprint density at radius 3 is 2.80 bits per heavy atom. The number of nitrogens with zero attached hydrogens (tertiary/aromatic N) is 5. The van der Waals surface area contributed by atoms with E-state index in [1.54, 1.807) is 12.3 Å². The Labute approximate surface area is 174 Å². The molecule has 0 saturated carbocycles. The van der Waals surface area contributed by atoms with Crippen molar-refractivity contribution in [3.8, 4) is 11.5 Å². The summed E-state index contributed by atoms with van der Waals surface area (Å²) in [5.74, 6) is 2.34. The number of ether oxygens (including phenoxy) is 2. The lowest BCUT2D eigenvalue weighted by molar-refractivity contribution is 0.144. The lowest BCUT2D eigenvalue weighted by Gasteiger charge is -2.34. The van der Waals surface area contributed by atoms with Crippen molar-refractivity contribution in [1.82, 2.24) is 24.3 Å². The molecule has 0 aliphatic carbocycles. The Balaban J connectivity index is 1.13. The van der Waals surface area contributed by atoms with Crippen LogP contribution in [0.25, 0.3) is 11.2 Å². The highest BCUT2D eigenvalue weighted by Gasteiger charge is 2.22. The number of aromatic nitrogens is 3. The third-order valence-corrected chi connectivity index (χ3v) is 5.62. The summed E-state index contributed by atoms with van der Waals surface area (Å²) in [4.78, 5) is 25.9. The summed E-state index contributed by atoms with van der Waals surface area (Å²) in [7, 11) is 0. The van der Waals surface area contributed by atoms with Gasteiger partial charge in [-0.3, -0.25) is 4.90 Å². The van der Waals surface area contributed by atoms with Gasteiger partial charge in [0.05, 0.1) is 0 Å². The monoisotopic (exact) mass is 408 g/mol. The normalized spacial score (nSPS) is 16.2. The second-order valence-corrected chi connectivity index (χ2v) is 7.48. The Bertz CT molecular complexity index is 1070. The maximum Gasteiger partial charge on any atom is 0.321 e. The number of carbonyl (C=O) groups excluding carboxylic acids is 1. The second-order valence-electron chi connectivity index (χ2n) is 7.48. The van der Waals surface area contributed by atoms with Crippen LogP contribution in [0.2, 0.25) is 0 Å². The van der Waals surface area contributed by atoms with Gasteiger partial charge in [0.2, 0.25) is 6.79 Å². The first-order valence-corrected chi connectivity index (χ1v) is 10.1. The standard InChI is InChI=1S/C21H24N6O3/c1-15-23-17-3-2-6-22-20(17)27(15)12-9-25-7-10-26(11-8-25)21(28)24-16-4-5-18-19(13-16)30-14-29-18/h2-6,13H,7-12,14H2,1H3,(H,24,28). The first-order valence-electron chi connectivity index (χ1n) is 10.1. The van der Waals surface area contributed by atoms with Crippen LogP contribution in [0.4, 0.5) is 10.5 Å². The summed E-state index contributed by atoms with van der Waals surface area (Å²) in [6.45, 7) is 7.04. The first-order chi connectivity index (χ1) is 14.7. The van der Waals surface area contributed by atoms with Crippen LogP contribution < -0.4 is 14.8 Å². The van der Waals surface area contributed by atoms with Crippen LogP contribution in [0.15, 0.2) is 36.5 Å². The molecule has 5 rings (SSSR count). The number of urea groups is 1. The first kappa shape index (κ1) is 18.7. The van der Waals surface area contributed by atoms with E-state index in [2.05, 4.69) is 24.8 Å². The number of carbonyl (C=O) groups is 1. The van der Waals surface area contributed by atoms with Crippen molar-refractivity contribution in [2.24, 2.45) is 0 Å². The average Bonchev–Trinajstić information content (AvgIpc) is 3.35. The summed E-state index contributed by atoms with van der Waals surface area (Å²) >= 11 is 0. The molecular weight excluding hydrogens is 384 g/mol. The minimum Gasteiger partial charge on any atom is -0.454 e. The van der Waals surface area contributed by atoms with E-state index in [1.165, 1.54) is 0 Å². The zero-order valence-corrected chi connectivity index (χ0v) is 16.9. The fourth-order valence-corrected chi connectivity index (χ4v) is 3.93. The van der Waals surface area contributed by atoms with Crippen molar-refractivity contribution in [2.45, 2.75) is 13.5 Å². The van der Waals surface area contributed by atoms with Gasteiger partial charge in [0.1, 0.15) is 11.3 Å². The number of aryl methyl sites for hydroxylation is 1. The third kappa shape index (κ3) is 3.63. The molecule has 1 fully saturated rings. The number of fused-ring (bicyclic) bond motifs is 2. The van der Waals surface area contributed by atoms with E-state index in [0.717, 1.165) is 43.2 Å². The second kappa shape index (κ2) is 7.83. The molecule has 1 aromatic carbocycles. The zero-order chi connectivity index (χ0) is 20.5. The molecule has 0 spiro atoms. The minimum atomic E-state index is -0.0887. The van der Waals surface area contributed by atoms with E-state index in [9.17, 15) is 4.79 Å². The van der Waals surface area contributed by atoms with Crippen molar-refractivity contribution in [3.63, 3.8) is 0 Å². The molecule has 0 atom stereocenters. The number of hydrogen-bond acceptors (Lipinski definition) is 6. The molecule has 1 saturated heterocycles. The number of anilines is 1. The van der Waals surface area contributed by atoms with Crippen LogP contribution in [0.5, 0.6) is 11.5 Å². The van der Waals surface area contributed by atoms with Crippen LogP contribution in [-0.2, 0) is 6.54 Å². The Morgan fingerprint density at radius 2 is 1.93 bits per heavy atom. The van der Waals surface area contributed by atoms with Crippen molar-refractivity contribution in [1.29, 1.82) is 0 Å². The maximum absolute atomic E-state index is 12.6.